The number of para-hydroxylation sites is 2. The van der Waals surface area contributed by atoms with E-state index in [1.165, 1.54) is 25.3 Å². The van der Waals surface area contributed by atoms with Crippen LogP contribution in [0.2, 0.25) is 0 Å². The highest BCUT2D eigenvalue weighted by molar-refractivity contribution is 5.91. The van der Waals surface area contributed by atoms with Crippen LogP contribution in [0, 0.1) is 0 Å². The van der Waals surface area contributed by atoms with Crippen molar-refractivity contribution >= 4 is 17.7 Å². The summed E-state index contributed by atoms with van der Waals surface area (Å²) >= 11 is 0. The van der Waals surface area contributed by atoms with Crippen LogP contribution in [0.1, 0.15) is 15.9 Å². The minimum absolute atomic E-state index is 0.0295. The van der Waals surface area contributed by atoms with E-state index >= 15 is 0 Å². The van der Waals surface area contributed by atoms with Gasteiger partial charge in [0, 0.05) is 18.2 Å². The fourth-order valence-electron chi connectivity index (χ4n) is 2.92. The fraction of sp³-hybridized carbons (Fsp3) is 0.130. The normalized spacial score (nSPS) is 10.8. The minimum atomic E-state index is -4.89. The maximum atomic E-state index is 12.5. The molecule has 0 aromatic heterocycles. The Kier molecular flexibility index (Phi) is 7.46. The summed E-state index contributed by atoms with van der Waals surface area (Å²) in [5, 5.41) is 14.3. The number of ether oxygens (including phenoxy) is 3. The Hall–Kier alpha value is -4.41. The number of amides is 2. The molecule has 11 heteroatoms. The molecule has 34 heavy (non-hydrogen) atoms. The first kappa shape index (κ1) is 24.2. The highest BCUT2D eigenvalue weighted by Crippen LogP contribution is 2.32. The van der Waals surface area contributed by atoms with E-state index in [0.29, 0.717) is 11.3 Å². The largest absolute Gasteiger partial charge is 0.573 e. The van der Waals surface area contributed by atoms with Crippen molar-refractivity contribution < 1.29 is 42.1 Å². The maximum absolute atomic E-state index is 12.5. The number of carboxylic acids is 1. The van der Waals surface area contributed by atoms with Gasteiger partial charge in [-0.05, 0) is 30.3 Å². The van der Waals surface area contributed by atoms with Crippen LogP contribution in [0.5, 0.6) is 23.0 Å². The van der Waals surface area contributed by atoms with Gasteiger partial charge in [0.1, 0.15) is 28.6 Å². The van der Waals surface area contributed by atoms with Gasteiger partial charge in [0.25, 0.3) is 0 Å². The molecule has 3 N–H and O–H groups in total. The van der Waals surface area contributed by atoms with Gasteiger partial charge in [0.15, 0.2) is 0 Å². The Morgan fingerprint density at radius 3 is 2.29 bits per heavy atom. The molecule has 178 valence electrons. The van der Waals surface area contributed by atoms with E-state index in [-0.39, 0.29) is 29.3 Å². The number of nitrogens with one attached hydrogen (secondary N) is 2. The maximum Gasteiger partial charge on any atom is 0.573 e. The van der Waals surface area contributed by atoms with E-state index in [1.807, 2.05) is 0 Å². The zero-order chi connectivity index (χ0) is 24.7. The lowest BCUT2D eigenvalue weighted by Gasteiger charge is -2.15. The van der Waals surface area contributed by atoms with Gasteiger partial charge in [-0.3, -0.25) is 0 Å². The van der Waals surface area contributed by atoms with Crippen LogP contribution in [-0.2, 0) is 6.54 Å². The number of hydrogen-bond donors (Lipinski definition) is 3. The van der Waals surface area contributed by atoms with Crippen molar-refractivity contribution in [3.63, 3.8) is 0 Å². The van der Waals surface area contributed by atoms with Crippen molar-refractivity contribution in [2.24, 2.45) is 0 Å². The molecule has 3 rings (SSSR count). The van der Waals surface area contributed by atoms with Gasteiger partial charge < -0.3 is 30.0 Å². The molecule has 0 aliphatic carbocycles. The Bertz CT molecular complexity index is 1180. The molecule has 3 aromatic rings. The van der Waals surface area contributed by atoms with E-state index in [2.05, 4.69) is 15.4 Å². The number of benzene rings is 3. The Morgan fingerprint density at radius 2 is 1.62 bits per heavy atom. The number of hydrogen-bond acceptors (Lipinski definition) is 5. The van der Waals surface area contributed by atoms with Crippen LogP contribution >= 0.6 is 0 Å². The monoisotopic (exact) mass is 476 g/mol. The van der Waals surface area contributed by atoms with E-state index < -0.39 is 24.1 Å². The number of aromatic carboxylic acids is 1. The molecular weight excluding hydrogens is 457 g/mol. The molecule has 0 heterocycles. The number of urea groups is 1. The lowest BCUT2D eigenvalue weighted by Crippen LogP contribution is -2.28. The summed E-state index contributed by atoms with van der Waals surface area (Å²) in [6, 6.07) is 15.3. The summed E-state index contributed by atoms with van der Waals surface area (Å²) in [7, 11) is 1.30. The standard InChI is InChI=1S/C23H19F3N2O6/c1-32-20-11-10-15(34-23(24,25)26)12-17(20)28-22(31)27-13-14-6-2-4-8-18(14)33-19-9-5-3-7-16(19)21(29)30/h2-12H,13H2,1H3,(H,29,30)(H2,27,28,31). The smallest absolute Gasteiger partial charge is 0.495 e. The number of alkyl halides is 3. The third-order valence-corrected chi connectivity index (χ3v) is 4.40. The molecule has 0 aliphatic heterocycles. The number of rotatable bonds is 8. The van der Waals surface area contributed by atoms with Gasteiger partial charge in [-0.2, -0.15) is 0 Å². The topological polar surface area (TPSA) is 106 Å². The van der Waals surface area contributed by atoms with E-state index in [9.17, 15) is 27.9 Å². The second-order valence-corrected chi connectivity index (χ2v) is 6.73. The fourth-order valence-corrected chi connectivity index (χ4v) is 2.92. The van der Waals surface area contributed by atoms with Crippen molar-refractivity contribution in [1.29, 1.82) is 0 Å². The van der Waals surface area contributed by atoms with Crippen molar-refractivity contribution in [2.45, 2.75) is 12.9 Å². The van der Waals surface area contributed by atoms with Gasteiger partial charge in [0.05, 0.1) is 12.8 Å². The molecule has 0 saturated heterocycles. The Labute approximate surface area is 191 Å². The van der Waals surface area contributed by atoms with Crippen LogP contribution < -0.4 is 24.8 Å². The average molecular weight is 476 g/mol. The third-order valence-electron chi connectivity index (χ3n) is 4.40. The molecule has 2 amide bonds. The first-order valence-electron chi connectivity index (χ1n) is 9.73. The molecular formula is C23H19F3N2O6. The van der Waals surface area contributed by atoms with Crippen LogP contribution in [0.4, 0.5) is 23.7 Å². The zero-order valence-corrected chi connectivity index (χ0v) is 17.7. The van der Waals surface area contributed by atoms with E-state index in [4.69, 9.17) is 9.47 Å². The van der Waals surface area contributed by atoms with Crippen LogP contribution in [0.15, 0.2) is 66.7 Å². The Balaban J connectivity index is 1.71. The first-order valence-corrected chi connectivity index (χ1v) is 9.73. The van der Waals surface area contributed by atoms with Crippen molar-refractivity contribution in [3.8, 4) is 23.0 Å². The molecule has 8 nitrogen and oxygen atoms in total. The third kappa shape index (κ3) is 6.55. The van der Waals surface area contributed by atoms with Crippen molar-refractivity contribution in [3.05, 3.63) is 77.9 Å². The number of carbonyl (C=O) groups is 2. The van der Waals surface area contributed by atoms with Gasteiger partial charge >= 0.3 is 18.4 Å². The number of halogens is 3. The molecule has 0 bridgehead atoms. The van der Waals surface area contributed by atoms with E-state index in [1.54, 1.807) is 36.4 Å². The highest BCUT2D eigenvalue weighted by Gasteiger charge is 2.31. The lowest BCUT2D eigenvalue weighted by molar-refractivity contribution is -0.274. The minimum Gasteiger partial charge on any atom is -0.495 e. The lowest BCUT2D eigenvalue weighted by atomic mass is 10.2. The molecule has 0 unspecified atom stereocenters. The molecule has 3 aromatic carbocycles. The summed E-state index contributed by atoms with van der Waals surface area (Å²) in [5.74, 6) is -1.12. The summed E-state index contributed by atoms with van der Waals surface area (Å²) in [5.41, 5.74) is 0.455. The summed E-state index contributed by atoms with van der Waals surface area (Å²) < 4.78 is 52.2. The van der Waals surface area contributed by atoms with Crippen LogP contribution in [0.3, 0.4) is 0 Å². The van der Waals surface area contributed by atoms with Gasteiger partial charge in [-0.1, -0.05) is 30.3 Å². The summed E-state index contributed by atoms with van der Waals surface area (Å²) in [6.07, 6.45) is -4.89. The predicted octanol–water partition coefficient (Wildman–Crippen LogP) is 5.41. The summed E-state index contributed by atoms with van der Waals surface area (Å²) in [6.45, 7) is -0.0295. The highest BCUT2D eigenvalue weighted by atomic mass is 19.4. The molecule has 0 aliphatic rings. The van der Waals surface area contributed by atoms with Gasteiger partial charge in [0.2, 0.25) is 0 Å². The molecule has 0 spiro atoms. The van der Waals surface area contributed by atoms with Gasteiger partial charge in [-0.25, -0.2) is 9.59 Å². The second kappa shape index (κ2) is 10.5. The molecule has 0 saturated carbocycles. The van der Waals surface area contributed by atoms with Gasteiger partial charge in [-0.15, -0.1) is 13.2 Å². The van der Waals surface area contributed by atoms with Crippen molar-refractivity contribution in [1.82, 2.24) is 5.32 Å². The molecule has 0 atom stereocenters. The first-order chi connectivity index (χ1) is 16.2. The summed E-state index contributed by atoms with van der Waals surface area (Å²) in [4.78, 5) is 23.8. The van der Waals surface area contributed by atoms with E-state index in [0.717, 1.165) is 12.1 Å². The number of methoxy groups -OCH3 is 1. The number of carboxylic acid groups (broad SMARTS) is 1. The van der Waals surface area contributed by atoms with Crippen molar-refractivity contribution in [2.75, 3.05) is 12.4 Å². The predicted molar refractivity (Wildman–Crippen MR) is 115 cm³/mol. The number of carbonyl (C=O) groups excluding carboxylic acids is 1. The quantitative estimate of drug-likeness (QED) is 0.402. The van der Waals surface area contributed by atoms with Crippen LogP contribution in [0.25, 0.3) is 0 Å². The Morgan fingerprint density at radius 1 is 0.941 bits per heavy atom. The number of anilines is 1. The molecule has 0 fully saturated rings. The SMILES string of the molecule is COc1ccc(OC(F)(F)F)cc1NC(=O)NCc1ccccc1Oc1ccccc1C(=O)O. The average Bonchev–Trinajstić information content (AvgIpc) is 2.78. The van der Waals surface area contributed by atoms with Crippen LogP contribution in [-0.4, -0.2) is 30.6 Å². The zero-order valence-electron chi connectivity index (χ0n) is 17.7. The molecule has 0 radical (unpaired) electrons. The second-order valence-electron chi connectivity index (χ2n) is 6.73.